The fourth-order valence-electron chi connectivity index (χ4n) is 4.28. The van der Waals surface area contributed by atoms with Gasteiger partial charge in [0.2, 0.25) is 0 Å². The topological polar surface area (TPSA) is 26.3 Å². The smallest absolute Gasteiger partial charge is 0.293 e. The van der Waals surface area contributed by atoms with Gasteiger partial charge in [-0.05, 0) is 56.3 Å². The van der Waals surface area contributed by atoms with Gasteiger partial charge in [-0.3, -0.25) is 4.79 Å². The van der Waals surface area contributed by atoms with Crippen molar-refractivity contribution in [3.05, 3.63) is 0 Å². The second-order valence-electron chi connectivity index (χ2n) is 5.31. The van der Waals surface area contributed by atoms with Gasteiger partial charge in [-0.15, -0.1) is 0 Å². The minimum atomic E-state index is -0.0174. The van der Waals surface area contributed by atoms with E-state index in [-0.39, 0.29) is 5.60 Å². The van der Waals surface area contributed by atoms with Crippen LogP contribution >= 0.6 is 0 Å². The molecule has 2 heteroatoms. The molecule has 0 aromatic heterocycles. The molecule has 0 atom stereocenters. The molecule has 4 saturated carbocycles. The lowest BCUT2D eigenvalue weighted by atomic mass is 9.54. The van der Waals surface area contributed by atoms with Gasteiger partial charge in [0.15, 0.2) is 0 Å². The van der Waals surface area contributed by atoms with Crippen LogP contribution in [0.5, 0.6) is 0 Å². The summed E-state index contributed by atoms with van der Waals surface area (Å²) in [4.78, 5) is 10.5. The Balaban J connectivity index is 1.87. The Labute approximate surface area is 78.6 Å². The SMILES string of the molecule is O=COC12CC3CC(CC(C3)C1)C2. The zero-order valence-electron chi connectivity index (χ0n) is 7.87. The third-order valence-corrected chi connectivity index (χ3v) is 4.28. The third kappa shape index (κ3) is 1.11. The zero-order chi connectivity index (χ0) is 8.89. The number of hydrogen-bond donors (Lipinski definition) is 0. The van der Waals surface area contributed by atoms with Crippen LogP contribution in [-0.4, -0.2) is 12.1 Å². The molecule has 0 unspecified atom stereocenters. The van der Waals surface area contributed by atoms with Crippen LogP contribution in [0, 0.1) is 17.8 Å². The van der Waals surface area contributed by atoms with Crippen molar-refractivity contribution in [2.24, 2.45) is 17.8 Å². The highest BCUT2D eigenvalue weighted by atomic mass is 16.5. The highest BCUT2D eigenvalue weighted by molar-refractivity contribution is 5.39. The summed E-state index contributed by atoms with van der Waals surface area (Å²) in [6, 6.07) is 0. The summed E-state index contributed by atoms with van der Waals surface area (Å²) < 4.78 is 5.36. The molecule has 0 radical (unpaired) electrons. The third-order valence-electron chi connectivity index (χ3n) is 4.28. The Bertz CT molecular complexity index is 199. The average molecular weight is 180 g/mol. The number of carbonyl (C=O) groups is 1. The summed E-state index contributed by atoms with van der Waals surface area (Å²) in [7, 11) is 0. The van der Waals surface area contributed by atoms with E-state index in [9.17, 15) is 4.79 Å². The molecule has 72 valence electrons. The summed E-state index contributed by atoms with van der Waals surface area (Å²) in [6.07, 6.45) is 7.66. The largest absolute Gasteiger partial charge is 0.461 e. The van der Waals surface area contributed by atoms with Crippen LogP contribution in [0.4, 0.5) is 0 Å². The molecular formula is C11H16O2. The second-order valence-corrected chi connectivity index (χ2v) is 5.31. The molecule has 4 aliphatic rings. The lowest BCUT2D eigenvalue weighted by molar-refractivity contribution is -0.172. The molecule has 0 aromatic carbocycles. The monoisotopic (exact) mass is 180 g/mol. The minimum absolute atomic E-state index is 0.0174. The Kier molecular flexibility index (Phi) is 1.50. The van der Waals surface area contributed by atoms with E-state index in [4.69, 9.17) is 4.74 Å². The first-order valence-electron chi connectivity index (χ1n) is 5.41. The predicted octanol–water partition coefficient (Wildman–Crippen LogP) is 2.13. The van der Waals surface area contributed by atoms with Crippen molar-refractivity contribution in [1.29, 1.82) is 0 Å². The average Bonchev–Trinajstić information content (AvgIpc) is 2.00. The van der Waals surface area contributed by atoms with Crippen molar-refractivity contribution in [2.75, 3.05) is 0 Å². The molecule has 0 heterocycles. The molecule has 0 aromatic rings. The van der Waals surface area contributed by atoms with Crippen LogP contribution in [0.15, 0.2) is 0 Å². The van der Waals surface area contributed by atoms with Crippen LogP contribution in [0.2, 0.25) is 0 Å². The van der Waals surface area contributed by atoms with Crippen LogP contribution in [-0.2, 0) is 9.53 Å². The number of carbonyl (C=O) groups excluding carboxylic acids is 1. The molecule has 0 N–H and O–H groups in total. The first kappa shape index (κ1) is 7.84. The maximum atomic E-state index is 10.5. The molecule has 4 aliphatic carbocycles. The van der Waals surface area contributed by atoms with E-state index in [1.165, 1.54) is 19.3 Å². The predicted molar refractivity (Wildman–Crippen MR) is 48.1 cm³/mol. The Morgan fingerprint density at radius 3 is 1.85 bits per heavy atom. The highest BCUT2D eigenvalue weighted by Crippen LogP contribution is 2.56. The van der Waals surface area contributed by atoms with Crippen LogP contribution in [0.3, 0.4) is 0 Å². The Morgan fingerprint density at radius 2 is 1.46 bits per heavy atom. The molecule has 2 nitrogen and oxygen atoms in total. The number of hydrogen-bond acceptors (Lipinski definition) is 2. The van der Waals surface area contributed by atoms with Crippen molar-refractivity contribution >= 4 is 6.47 Å². The van der Waals surface area contributed by atoms with Crippen molar-refractivity contribution in [1.82, 2.24) is 0 Å². The molecular weight excluding hydrogens is 164 g/mol. The molecule has 0 saturated heterocycles. The van der Waals surface area contributed by atoms with Crippen molar-refractivity contribution in [2.45, 2.75) is 44.1 Å². The maximum absolute atomic E-state index is 10.5. The molecule has 0 aliphatic heterocycles. The lowest BCUT2D eigenvalue weighted by Crippen LogP contribution is -2.51. The maximum Gasteiger partial charge on any atom is 0.293 e. The van der Waals surface area contributed by atoms with Crippen LogP contribution in [0.25, 0.3) is 0 Å². The Hall–Kier alpha value is -0.530. The van der Waals surface area contributed by atoms with E-state index in [1.54, 1.807) is 0 Å². The molecule has 0 amide bonds. The molecule has 4 rings (SSSR count). The van der Waals surface area contributed by atoms with E-state index >= 15 is 0 Å². The zero-order valence-corrected chi connectivity index (χ0v) is 7.87. The van der Waals surface area contributed by atoms with Gasteiger partial charge in [-0.2, -0.15) is 0 Å². The summed E-state index contributed by atoms with van der Waals surface area (Å²) in [5.41, 5.74) is -0.0174. The summed E-state index contributed by atoms with van der Waals surface area (Å²) in [6.45, 7) is 0.674. The van der Waals surface area contributed by atoms with Gasteiger partial charge < -0.3 is 4.74 Å². The van der Waals surface area contributed by atoms with Gasteiger partial charge in [0.25, 0.3) is 6.47 Å². The highest BCUT2D eigenvalue weighted by Gasteiger charge is 2.52. The number of rotatable bonds is 2. The van der Waals surface area contributed by atoms with Gasteiger partial charge >= 0.3 is 0 Å². The lowest BCUT2D eigenvalue weighted by Gasteiger charge is -2.55. The van der Waals surface area contributed by atoms with E-state index in [1.807, 2.05) is 0 Å². The van der Waals surface area contributed by atoms with Gasteiger partial charge in [0.05, 0.1) is 0 Å². The Morgan fingerprint density at radius 1 is 1.00 bits per heavy atom. The summed E-state index contributed by atoms with van der Waals surface area (Å²) in [5, 5.41) is 0. The standard InChI is InChI=1S/C11H16O2/c12-7-13-11-4-8-1-9(5-11)3-10(2-8)6-11/h7-10H,1-6H2. The van der Waals surface area contributed by atoms with Gasteiger partial charge in [-0.25, -0.2) is 0 Å². The first-order chi connectivity index (χ1) is 6.30. The fourth-order valence-corrected chi connectivity index (χ4v) is 4.28. The van der Waals surface area contributed by atoms with E-state index in [0.29, 0.717) is 6.47 Å². The van der Waals surface area contributed by atoms with Crippen molar-refractivity contribution in [3.8, 4) is 0 Å². The second kappa shape index (κ2) is 2.49. The first-order valence-corrected chi connectivity index (χ1v) is 5.41. The van der Waals surface area contributed by atoms with Crippen LogP contribution in [0.1, 0.15) is 38.5 Å². The summed E-state index contributed by atoms with van der Waals surface area (Å²) >= 11 is 0. The summed E-state index contributed by atoms with van der Waals surface area (Å²) in [5.74, 6) is 2.60. The number of ether oxygens (including phenoxy) is 1. The van der Waals surface area contributed by atoms with E-state index in [0.717, 1.165) is 37.0 Å². The fraction of sp³-hybridized carbons (Fsp3) is 0.909. The van der Waals surface area contributed by atoms with Crippen molar-refractivity contribution in [3.63, 3.8) is 0 Å². The van der Waals surface area contributed by atoms with Gasteiger partial charge in [0.1, 0.15) is 5.60 Å². The molecule has 4 fully saturated rings. The van der Waals surface area contributed by atoms with E-state index < -0.39 is 0 Å². The quantitative estimate of drug-likeness (QED) is 0.608. The van der Waals surface area contributed by atoms with Gasteiger partial charge in [-0.1, -0.05) is 0 Å². The van der Waals surface area contributed by atoms with Gasteiger partial charge in [0, 0.05) is 0 Å². The van der Waals surface area contributed by atoms with Crippen molar-refractivity contribution < 1.29 is 9.53 Å². The normalized spacial score (nSPS) is 52.2. The van der Waals surface area contributed by atoms with Crippen LogP contribution < -0.4 is 0 Å². The molecule has 13 heavy (non-hydrogen) atoms. The van der Waals surface area contributed by atoms with E-state index in [2.05, 4.69) is 0 Å². The molecule has 0 spiro atoms. The minimum Gasteiger partial charge on any atom is -0.461 e. The molecule has 4 bridgehead atoms.